The van der Waals surface area contributed by atoms with Crippen LogP contribution in [0.15, 0.2) is 35.4 Å². The Balaban J connectivity index is 1.86. The number of nitrogens with two attached hydrogens (primary N) is 1. The fraction of sp³-hybridized carbons (Fsp3) is 0.360. The lowest BCUT2D eigenvalue weighted by molar-refractivity contribution is 0.0358. The molecule has 2 aromatic carbocycles. The average Bonchev–Trinajstić information content (AvgIpc) is 2.75. The average molecular weight is 482 g/mol. The monoisotopic (exact) mass is 481 g/mol. The summed E-state index contributed by atoms with van der Waals surface area (Å²) in [6, 6.07) is 8.04. The molecule has 0 saturated heterocycles. The molecule has 10 heteroatoms. The van der Waals surface area contributed by atoms with Crippen molar-refractivity contribution in [3.8, 4) is 11.5 Å². The maximum atomic E-state index is 13.4. The van der Waals surface area contributed by atoms with Crippen molar-refractivity contribution in [2.75, 3.05) is 6.61 Å². The summed E-state index contributed by atoms with van der Waals surface area (Å²) in [4.78, 5) is 37.5. The van der Waals surface area contributed by atoms with Crippen LogP contribution < -0.4 is 26.1 Å². The van der Waals surface area contributed by atoms with Gasteiger partial charge in [0.25, 0.3) is 11.8 Å². The van der Waals surface area contributed by atoms with Gasteiger partial charge in [-0.2, -0.15) is 5.10 Å². The number of hydrazone groups is 1. The van der Waals surface area contributed by atoms with Crippen molar-refractivity contribution >= 4 is 24.1 Å². The van der Waals surface area contributed by atoms with Crippen molar-refractivity contribution in [3.63, 3.8) is 0 Å². The van der Waals surface area contributed by atoms with Crippen LogP contribution in [0.3, 0.4) is 0 Å². The number of nitrogens with one attached hydrogen (secondary N) is 2. The Labute approximate surface area is 204 Å². The van der Waals surface area contributed by atoms with Crippen LogP contribution in [-0.2, 0) is 0 Å². The van der Waals surface area contributed by atoms with Crippen LogP contribution in [0.5, 0.6) is 11.5 Å². The second-order valence-corrected chi connectivity index (χ2v) is 9.42. The molecule has 1 heterocycles. The molecule has 0 aliphatic carbocycles. The van der Waals surface area contributed by atoms with E-state index in [1.807, 2.05) is 40.7 Å². The Hall–Kier alpha value is -4.08. The number of carbonyl (C=O) groups is 3. The first-order chi connectivity index (χ1) is 16.4. The molecular formula is C25H31N5O5. The first-order valence-corrected chi connectivity index (χ1v) is 11.1. The van der Waals surface area contributed by atoms with Gasteiger partial charge in [0, 0.05) is 16.7 Å². The fourth-order valence-electron chi connectivity index (χ4n) is 3.70. The molecule has 2 aromatic rings. The minimum atomic E-state index is -0.799. The highest BCUT2D eigenvalue weighted by Gasteiger charge is 2.31. The Kier molecular flexibility index (Phi) is 7.33. The third-order valence-corrected chi connectivity index (χ3v) is 5.26. The fourth-order valence-corrected chi connectivity index (χ4v) is 3.70. The van der Waals surface area contributed by atoms with E-state index in [-0.39, 0.29) is 12.5 Å². The van der Waals surface area contributed by atoms with Crippen molar-refractivity contribution in [1.29, 1.82) is 0 Å². The normalized spacial score (nSPS) is 15.0. The highest BCUT2D eigenvalue weighted by molar-refractivity contribution is 6.00. The lowest BCUT2D eigenvalue weighted by Crippen LogP contribution is -2.56. The van der Waals surface area contributed by atoms with Gasteiger partial charge in [0.15, 0.2) is 17.6 Å². The molecule has 3 rings (SSSR count). The summed E-state index contributed by atoms with van der Waals surface area (Å²) in [7, 11) is 0. The quantitative estimate of drug-likeness (QED) is 0.456. The SMILES string of the molecule is Cc1cc(C)cc(C(=O)N(NC(=O)c2ccc3c(c2C)OC(/C=N/NC(N)=O)CO3)C(C)(C)C)c1. The predicted molar refractivity (Wildman–Crippen MR) is 132 cm³/mol. The van der Waals surface area contributed by atoms with E-state index in [1.54, 1.807) is 31.2 Å². The molecule has 1 aliphatic heterocycles. The van der Waals surface area contributed by atoms with Gasteiger partial charge in [-0.05, 0) is 65.8 Å². The van der Waals surface area contributed by atoms with Crippen molar-refractivity contribution in [1.82, 2.24) is 15.9 Å². The van der Waals surface area contributed by atoms with Crippen LogP contribution >= 0.6 is 0 Å². The van der Waals surface area contributed by atoms with Gasteiger partial charge < -0.3 is 15.2 Å². The van der Waals surface area contributed by atoms with Gasteiger partial charge >= 0.3 is 6.03 Å². The first kappa shape index (κ1) is 25.5. The molecule has 0 saturated carbocycles. The third-order valence-electron chi connectivity index (χ3n) is 5.26. The number of fused-ring (bicyclic) bond motifs is 1. The number of hydrogen-bond donors (Lipinski definition) is 3. The number of rotatable bonds is 4. The van der Waals surface area contributed by atoms with Crippen LogP contribution in [0.25, 0.3) is 0 Å². The maximum Gasteiger partial charge on any atom is 0.332 e. The summed E-state index contributed by atoms with van der Waals surface area (Å²) in [5.41, 5.74) is 12.4. The molecule has 1 atom stereocenters. The Morgan fingerprint density at radius 3 is 2.37 bits per heavy atom. The molecule has 186 valence electrons. The van der Waals surface area contributed by atoms with E-state index in [4.69, 9.17) is 15.2 Å². The Bertz CT molecular complexity index is 1170. The number of amides is 4. The second-order valence-electron chi connectivity index (χ2n) is 9.42. The van der Waals surface area contributed by atoms with E-state index < -0.39 is 23.6 Å². The zero-order chi connectivity index (χ0) is 25.9. The number of urea groups is 1. The van der Waals surface area contributed by atoms with E-state index in [9.17, 15) is 14.4 Å². The molecule has 10 nitrogen and oxygen atoms in total. The summed E-state index contributed by atoms with van der Waals surface area (Å²) in [6.07, 6.45) is 0.757. The van der Waals surface area contributed by atoms with Gasteiger partial charge in [0.2, 0.25) is 0 Å². The van der Waals surface area contributed by atoms with Crippen LogP contribution in [-0.4, -0.2) is 47.3 Å². The van der Waals surface area contributed by atoms with Crippen molar-refractivity contribution in [2.24, 2.45) is 10.8 Å². The lowest BCUT2D eigenvalue weighted by atomic mass is 10.0. The van der Waals surface area contributed by atoms with E-state index >= 15 is 0 Å². The summed E-state index contributed by atoms with van der Waals surface area (Å²) >= 11 is 0. The van der Waals surface area contributed by atoms with E-state index in [0.29, 0.717) is 28.2 Å². The predicted octanol–water partition coefficient (Wildman–Crippen LogP) is 2.99. The van der Waals surface area contributed by atoms with Crippen LogP contribution in [0.4, 0.5) is 4.79 Å². The zero-order valence-electron chi connectivity index (χ0n) is 20.8. The molecule has 1 aliphatic rings. The van der Waals surface area contributed by atoms with Gasteiger partial charge in [-0.15, -0.1) is 0 Å². The van der Waals surface area contributed by atoms with Gasteiger partial charge in [-0.3, -0.25) is 15.0 Å². The highest BCUT2D eigenvalue weighted by Crippen LogP contribution is 2.36. The van der Waals surface area contributed by atoms with Gasteiger partial charge in [-0.25, -0.2) is 15.2 Å². The molecule has 0 spiro atoms. The number of carbonyl (C=O) groups excluding carboxylic acids is 3. The third kappa shape index (κ3) is 6.08. The van der Waals surface area contributed by atoms with Crippen LogP contribution in [0.2, 0.25) is 0 Å². The second kappa shape index (κ2) is 10.0. The molecule has 4 N–H and O–H groups in total. The molecule has 0 bridgehead atoms. The van der Waals surface area contributed by atoms with Gasteiger partial charge in [0.1, 0.15) is 6.61 Å². The molecule has 4 amide bonds. The van der Waals surface area contributed by atoms with Gasteiger partial charge in [0.05, 0.1) is 11.8 Å². The Morgan fingerprint density at radius 2 is 1.77 bits per heavy atom. The molecule has 1 unspecified atom stereocenters. The highest BCUT2D eigenvalue weighted by atomic mass is 16.6. The zero-order valence-corrected chi connectivity index (χ0v) is 20.8. The smallest absolute Gasteiger partial charge is 0.332 e. The molecular weight excluding hydrogens is 450 g/mol. The molecule has 0 fully saturated rings. The van der Waals surface area contributed by atoms with Gasteiger partial charge in [-0.1, -0.05) is 17.2 Å². The van der Waals surface area contributed by atoms with Crippen molar-refractivity contribution in [3.05, 3.63) is 58.1 Å². The number of hydrazine groups is 1. The lowest BCUT2D eigenvalue weighted by Gasteiger charge is -2.36. The summed E-state index contributed by atoms with van der Waals surface area (Å²) in [5, 5.41) is 5.04. The number of aryl methyl sites for hydroxylation is 2. The van der Waals surface area contributed by atoms with Crippen molar-refractivity contribution in [2.45, 2.75) is 53.2 Å². The topological polar surface area (TPSA) is 135 Å². The summed E-state index contributed by atoms with van der Waals surface area (Å²) in [6.45, 7) is 11.3. The number of hydrogen-bond acceptors (Lipinski definition) is 6. The first-order valence-electron chi connectivity index (χ1n) is 11.1. The summed E-state index contributed by atoms with van der Waals surface area (Å²) in [5.74, 6) is 0.0757. The number of nitrogens with zero attached hydrogens (tertiary/aromatic N) is 2. The molecule has 0 aromatic heterocycles. The minimum Gasteiger partial charge on any atom is -0.485 e. The van der Waals surface area contributed by atoms with Crippen LogP contribution in [0, 0.1) is 20.8 Å². The Morgan fingerprint density at radius 1 is 1.11 bits per heavy atom. The number of ether oxygens (including phenoxy) is 2. The maximum absolute atomic E-state index is 13.4. The van der Waals surface area contributed by atoms with E-state index in [2.05, 4.69) is 16.0 Å². The summed E-state index contributed by atoms with van der Waals surface area (Å²) < 4.78 is 11.6. The standard InChI is InChI=1S/C25H31N5O5/c1-14-9-15(2)11-17(10-14)23(32)30(25(4,5)6)29-22(31)19-7-8-20-21(16(19)3)35-18(13-34-20)12-27-28-24(26)33/h7-12,18H,13H2,1-6H3,(H,29,31)(H3,26,28,33)/b27-12+. The van der Waals surface area contributed by atoms with E-state index in [0.717, 1.165) is 11.1 Å². The number of benzene rings is 2. The van der Waals surface area contributed by atoms with E-state index in [1.165, 1.54) is 11.2 Å². The number of primary amides is 1. The minimum absolute atomic E-state index is 0.171. The van der Waals surface area contributed by atoms with Crippen LogP contribution in [0.1, 0.15) is 58.2 Å². The van der Waals surface area contributed by atoms with Crippen molar-refractivity contribution < 1.29 is 23.9 Å². The largest absolute Gasteiger partial charge is 0.485 e. The molecule has 0 radical (unpaired) electrons. The molecule has 35 heavy (non-hydrogen) atoms.